The Labute approximate surface area is 298 Å². The molecule has 0 aliphatic carbocycles. The highest BCUT2D eigenvalue weighted by molar-refractivity contribution is 8.00. The molecule has 3 amide bonds. The topological polar surface area (TPSA) is 106 Å². The van der Waals surface area contributed by atoms with Crippen molar-refractivity contribution in [3.8, 4) is 11.5 Å². The first-order valence-corrected chi connectivity index (χ1v) is 16.6. The van der Waals surface area contributed by atoms with Gasteiger partial charge in [-0.2, -0.15) is 0 Å². The Balaban J connectivity index is 1.41. The molecule has 248 valence electrons. The summed E-state index contributed by atoms with van der Waals surface area (Å²) in [5.74, 6) is -0.327. The zero-order valence-electron chi connectivity index (χ0n) is 26.4. The lowest BCUT2D eigenvalue weighted by Gasteiger charge is -2.18. The Morgan fingerprint density at radius 2 is 1.49 bits per heavy atom. The summed E-state index contributed by atoms with van der Waals surface area (Å²) in [6.45, 7) is 0. The van der Waals surface area contributed by atoms with Gasteiger partial charge in [0.05, 0.1) is 24.9 Å². The molecular formula is C38H31Cl2N3O5S. The van der Waals surface area contributed by atoms with Gasteiger partial charge in [0, 0.05) is 32.8 Å². The van der Waals surface area contributed by atoms with E-state index < -0.39 is 17.1 Å². The second-order valence-electron chi connectivity index (χ2n) is 10.5. The van der Waals surface area contributed by atoms with Gasteiger partial charge >= 0.3 is 0 Å². The van der Waals surface area contributed by atoms with Gasteiger partial charge in [-0.1, -0.05) is 77.8 Å². The maximum absolute atomic E-state index is 13.8. The third-order valence-corrected chi connectivity index (χ3v) is 8.95. The zero-order valence-corrected chi connectivity index (χ0v) is 28.7. The Morgan fingerprint density at radius 1 is 0.755 bits per heavy atom. The van der Waals surface area contributed by atoms with E-state index in [-0.39, 0.29) is 11.6 Å². The van der Waals surface area contributed by atoms with Crippen molar-refractivity contribution in [3.05, 3.63) is 154 Å². The van der Waals surface area contributed by atoms with Crippen LogP contribution in [0, 0.1) is 0 Å². The second kappa shape index (κ2) is 16.7. The van der Waals surface area contributed by atoms with Gasteiger partial charge in [-0.3, -0.25) is 14.4 Å². The van der Waals surface area contributed by atoms with Gasteiger partial charge in [-0.15, -0.1) is 11.8 Å². The number of thioether (sulfide) groups is 1. The van der Waals surface area contributed by atoms with E-state index in [2.05, 4.69) is 16.0 Å². The van der Waals surface area contributed by atoms with Gasteiger partial charge in [0.2, 0.25) is 5.91 Å². The fourth-order valence-electron chi connectivity index (χ4n) is 4.71. The minimum atomic E-state index is -0.676. The first-order chi connectivity index (χ1) is 23.7. The predicted molar refractivity (Wildman–Crippen MR) is 197 cm³/mol. The van der Waals surface area contributed by atoms with Crippen LogP contribution in [0.1, 0.15) is 26.7 Å². The number of methoxy groups -OCH3 is 2. The molecule has 1 unspecified atom stereocenters. The van der Waals surface area contributed by atoms with E-state index >= 15 is 0 Å². The molecule has 49 heavy (non-hydrogen) atoms. The van der Waals surface area contributed by atoms with Crippen molar-refractivity contribution in [2.24, 2.45) is 0 Å². The van der Waals surface area contributed by atoms with Gasteiger partial charge in [-0.25, -0.2) is 0 Å². The average molecular weight is 713 g/mol. The Morgan fingerprint density at radius 3 is 2.20 bits per heavy atom. The molecule has 3 N–H and O–H groups in total. The van der Waals surface area contributed by atoms with E-state index in [1.54, 1.807) is 92.0 Å². The summed E-state index contributed by atoms with van der Waals surface area (Å²) in [5.41, 5.74) is 2.51. The molecule has 5 aromatic carbocycles. The van der Waals surface area contributed by atoms with Gasteiger partial charge in [-0.05, 0) is 72.3 Å². The highest BCUT2D eigenvalue weighted by Crippen LogP contribution is 2.38. The van der Waals surface area contributed by atoms with E-state index in [1.807, 2.05) is 36.4 Å². The molecule has 0 aliphatic heterocycles. The summed E-state index contributed by atoms with van der Waals surface area (Å²) >= 11 is 13.8. The van der Waals surface area contributed by atoms with Crippen molar-refractivity contribution in [3.63, 3.8) is 0 Å². The number of carbonyl (C=O) groups is 3. The van der Waals surface area contributed by atoms with Crippen molar-refractivity contribution in [1.82, 2.24) is 5.32 Å². The summed E-state index contributed by atoms with van der Waals surface area (Å²) in [7, 11) is 3.04. The average Bonchev–Trinajstić information content (AvgIpc) is 3.12. The quantitative estimate of drug-likeness (QED) is 0.0882. The largest absolute Gasteiger partial charge is 0.497 e. The normalized spacial score (nSPS) is 11.6. The number of hydrogen-bond donors (Lipinski definition) is 3. The molecule has 0 radical (unpaired) electrons. The van der Waals surface area contributed by atoms with E-state index in [9.17, 15) is 14.4 Å². The number of carbonyl (C=O) groups excluding carboxylic acids is 3. The van der Waals surface area contributed by atoms with Crippen molar-refractivity contribution < 1.29 is 23.9 Å². The predicted octanol–water partition coefficient (Wildman–Crippen LogP) is 8.89. The summed E-state index contributed by atoms with van der Waals surface area (Å²) in [6.07, 6.45) is 1.53. The molecule has 5 aromatic rings. The summed E-state index contributed by atoms with van der Waals surface area (Å²) in [4.78, 5) is 41.3. The van der Waals surface area contributed by atoms with Crippen LogP contribution in [0.3, 0.4) is 0 Å². The van der Waals surface area contributed by atoms with Crippen molar-refractivity contribution in [2.45, 2.75) is 10.1 Å². The fourth-order valence-corrected chi connectivity index (χ4v) is 6.13. The smallest absolute Gasteiger partial charge is 0.272 e. The lowest BCUT2D eigenvalue weighted by molar-refractivity contribution is -0.116. The van der Waals surface area contributed by atoms with Crippen LogP contribution in [0.2, 0.25) is 10.0 Å². The summed E-state index contributed by atoms with van der Waals surface area (Å²) < 4.78 is 10.8. The molecule has 0 aliphatic rings. The highest BCUT2D eigenvalue weighted by atomic mass is 35.5. The molecule has 0 spiro atoms. The van der Waals surface area contributed by atoms with Crippen molar-refractivity contribution >= 4 is 70.1 Å². The molecule has 0 saturated carbocycles. The number of benzene rings is 5. The van der Waals surface area contributed by atoms with E-state index in [1.165, 1.54) is 24.9 Å². The zero-order chi connectivity index (χ0) is 34.8. The number of rotatable bonds is 12. The number of ether oxygens (including phenoxy) is 2. The number of halogens is 2. The number of amides is 3. The second-order valence-corrected chi connectivity index (χ2v) is 12.5. The molecule has 1 atom stereocenters. The van der Waals surface area contributed by atoms with E-state index in [0.717, 1.165) is 5.56 Å². The fraction of sp³-hybridized carbons (Fsp3) is 0.0789. The van der Waals surface area contributed by atoms with Crippen LogP contribution < -0.4 is 25.4 Å². The minimum Gasteiger partial charge on any atom is -0.497 e. The monoisotopic (exact) mass is 711 g/mol. The van der Waals surface area contributed by atoms with Crippen LogP contribution in [-0.4, -0.2) is 31.9 Å². The van der Waals surface area contributed by atoms with Gasteiger partial charge in [0.1, 0.15) is 22.4 Å². The van der Waals surface area contributed by atoms with Crippen LogP contribution in [0.25, 0.3) is 6.08 Å². The lowest BCUT2D eigenvalue weighted by Crippen LogP contribution is -2.30. The van der Waals surface area contributed by atoms with Crippen LogP contribution in [0.5, 0.6) is 11.5 Å². The third-order valence-electron chi connectivity index (χ3n) is 7.14. The summed E-state index contributed by atoms with van der Waals surface area (Å²) in [6, 6.07) is 34.9. The van der Waals surface area contributed by atoms with Crippen molar-refractivity contribution in [2.75, 3.05) is 24.9 Å². The Kier molecular flexibility index (Phi) is 12.0. The summed E-state index contributed by atoms with van der Waals surface area (Å²) in [5, 5.41) is 8.63. The van der Waals surface area contributed by atoms with Crippen molar-refractivity contribution in [1.29, 1.82) is 0 Å². The first-order valence-electron chi connectivity index (χ1n) is 14.9. The van der Waals surface area contributed by atoms with Gasteiger partial charge in [0.15, 0.2) is 0 Å². The molecule has 0 bridgehead atoms. The SMILES string of the molecule is COc1ccc(/C=C(/NC(=O)c2ccccc2)C(=O)Nc2cccc(SC(C(=O)Nc3cc(Cl)ccc3Cl)c3ccccc3)c2)c(OC)c1. The number of anilines is 2. The van der Waals surface area contributed by atoms with Gasteiger partial charge in [0.25, 0.3) is 11.8 Å². The molecule has 8 nitrogen and oxygen atoms in total. The molecule has 0 fully saturated rings. The molecule has 0 saturated heterocycles. The van der Waals surface area contributed by atoms with Crippen LogP contribution in [0.15, 0.2) is 132 Å². The van der Waals surface area contributed by atoms with E-state index in [0.29, 0.717) is 48.9 Å². The van der Waals surface area contributed by atoms with E-state index in [4.69, 9.17) is 32.7 Å². The molecule has 0 heterocycles. The standard InChI is InChI=1S/C38H31Cl2N3O5S/c1-47-29-18-16-26(34(23-29)48-2)20-33(43-36(44)25-12-7-4-8-13-25)37(45)41-28-14-9-15-30(22-28)49-35(24-10-5-3-6-11-24)38(46)42-32-21-27(39)17-19-31(32)40/h3-23,35H,1-2H3,(H,41,45)(H,42,46)(H,43,44)/b33-20+. The van der Waals surface area contributed by atoms with Crippen LogP contribution >= 0.6 is 35.0 Å². The minimum absolute atomic E-state index is 0.0182. The Hall–Kier alpha value is -5.22. The van der Waals surface area contributed by atoms with Gasteiger partial charge < -0.3 is 25.4 Å². The van der Waals surface area contributed by atoms with Crippen LogP contribution in [-0.2, 0) is 9.59 Å². The molecule has 5 rings (SSSR count). The highest BCUT2D eigenvalue weighted by Gasteiger charge is 2.24. The Bertz CT molecular complexity index is 1990. The lowest BCUT2D eigenvalue weighted by atomic mass is 10.1. The number of nitrogens with one attached hydrogen (secondary N) is 3. The molecule has 0 aromatic heterocycles. The maximum atomic E-state index is 13.8. The molecule has 11 heteroatoms. The van der Waals surface area contributed by atoms with Crippen LogP contribution in [0.4, 0.5) is 11.4 Å². The molecular weight excluding hydrogens is 681 g/mol. The third kappa shape index (κ3) is 9.45. The number of hydrogen-bond acceptors (Lipinski definition) is 6. The first kappa shape index (κ1) is 35.1. The maximum Gasteiger partial charge on any atom is 0.272 e.